The number of hydrogen-bond donors (Lipinski definition) is 1. The molecule has 1 heterocycles. The van der Waals surface area contributed by atoms with Crippen molar-refractivity contribution in [3.8, 4) is 0 Å². The maximum Gasteiger partial charge on any atom is 0.330 e. The van der Waals surface area contributed by atoms with Gasteiger partial charge in [0.2, 0.25) is 0 Å². The molecule has 6 nitrogen and oxygen atoms in total. The summed E-state index contributed by atoms with van der Waals surface area (Å²) in [6.45, 7) is 2.43. The van der Waals surface area contributed by atoms with Crippen LogP contribution in [-0.4, -0.2) is 20.2 Å². The minimum atomic E-state index is -0.931. The van der Waals surface area contributed by atoms with Crippen molar-refractivity contribution in [2.75, 3.05) is 0 Å². The number of carboxylic acid groups (broad SMARTS) is 1. The molecule has 6 heteroatoms. The Balaban J connectivity index is 2.90. The summed E-state index contributed by atoms with van der Waals surface area (Å²) in [7, 11) is 0. The van der Waals surface area contributed by atoms with Crippen LogP contribution >= 0.6 is 0 Å². The highest BCUT2D eigenvalue weighted by Crippen LogP contribution is 1.90. The Morgan fingerprint density at radius 2 is 2.12 bits per heavy atom. The second kappa shape index (κ2) is 5.29. The van der Waals surface area contributed by atoms with Crippen LogP contribution in [0.15, 0.2) is 21.9 Å². The lowest BCUT2D eigenvalue weighted by Gasteiger charge is -2.06. The van der Waals surface area contributed by atoms with Gasteiger partial charge in [0.25, 0.3) is 5.56 Å². The molecule has 0 atom stereocenters. The van der Waals surface area contributed by atoms with Crippen molar-refractivity contribution >= 4 is 5.97 Å². The summed E-state index contributed by atoms with van der Waals surface area (Å²) in [5.74, 6) is -0.931. The van der Waals surface area contributed by atoms with E-state index in [0.29, 0.717) is 6.54 Å². The Hall–Kier alpha value is -1.85. The third-order valence-electron chi connectivity index (χ3n) is 2.25. The van der Waals surface area contributed by atoms with Crippen molar-refractivity contribution < 1.29 is 9.90 Å². The van der Waals surface area contributed by atoms with Gasteiger partial charge in [-0.15, -0.1) is 0 Å². The lowest BCUT2D eigenvalue weighted by molar-refractivity contribution is -0.137. The molecule has 1 aromatic heterocycles. The molecule has 0 spiro atoms. The molecule has 1 aromatic rings. The molecular formula is C10H14N2O4. The first-order chi connectivity index (χ1) is 7.56. The molecule has 88 valence electrons. The second-order valence-electron chi connectivity index (χ2n) is 3.37. The zero-order chi connectivity index (χ0) is 12.1. The Labute approximate surface area is 91.8 Å². The van der Waals surface area contributed by atoms with Gasteiger partial charge in [0.05, 0.1) is 0 Å². The monoisotopic (exact) mass is 226 g/mol. The first-order valence-electron chi connectivity index (χ1n) is 5.08. The smallest absolute Gasteiger partial charge is 0.330 e. The van der Waals surface area contributed by atoms with Crippen LogP contribution in [-0.2, 0) is 17.9 Å². The number of carboxylic acids is 1. The van der Waals surface area contributed by atoms with Crippen LogP contribution in [0.4, 0.5) is 0 Å². The Bertz CT molecular complexity index is 486. The van der Waals surface area contributed by atoms with Gasteiger partial charge in [-0.05, 0) is 13.3 Å². The van der Waals surface area contributed by atoms with E-state index in [1.54, 1.807) is 6.92 Å². The summed E-state index contributed by atoms with van der Waals surface area (Å²) >= 11 is 0. The fraction of sp³-hybridized carbons (Fsp3) is 0.500. The standard InChI is InChI=1S/C10H14N2O4/c1-2-11-7-5-8(13)12(10(11)16)6-3-4-9(14)15/h5,7H,2-4,6H2,1H3,(H,14,15). The maximum atomic E-state index is 11.7. The number of aromatic nitrogens is 2. The molecule has 0 fully saturated rings. The minimum Gasteiger partial charge on any atom is -0.481 e. The molecule has 0 bridgehead atoms. The number of aliphatic carboxylic acids is 1. The molecular weight excluding hydrogens is 212 g/mol. The fourth-order valence-electron chi connectivity index (χ4n) is 1.39. The van der Waals surface area contributed by atoms with Crippen molar-refractivity contribution in [1.82, 2.24) is 9.13 Å². The number of rotatable bonds is 5. The van der Waals surface area contributed by atoms with Crippen LogP contribution in [0.5, 0.6) is 0 Å². The molecule has 0 aromatic carbocycles. The van der Waals surface area contributed by atoms with E-state index in [1.807, 2.05) is 0 Å². The van der Waals surface area contributed by atoms with Gasteiger partial charge < -0.3 is 9.67 Å². The molecule has 16 heavy (non-hydrogen) atoms. The van der Waals surface area contributed by atoms with E-state index >= 15 is 0 Å². The highest BCUT2D eigenvalue weighted by molar-refractivity contribution is 5.66. The summed E-state index contributed by atoms with van der Waals surface area (Å²) in [6.07, 6.45) is 1.67. The predicted octanol–water partition coefficient (Wildman–Crippen LogP) is -0.105. The van der Waals surface area contributed by atoms with E-state index in [4.69, 9.17) is 5.11 Å². The van der Waals surface area contributed by atoms with Gasteiger partial charge in [-0.25, -0.2) is 4.79 Å². The molecule has 0 aliphatic rings. The van der Waals surface area contributed by atoms with Gasteiger partial charge in [-0.1, -0.05) is 0 Å². The molecule has 0 aliphatic heterocycles. The molecule has 0 aliphatic carbocycles. The quantitative estimate of drug-likeness (QED) is 0.759. The van der Waals surface area contributed by atoms with E-state index in [-0.39, 0.29) is 30.6 Å². The lowest BCUT2D eigenvalue weighted by Crippen LogP contribution is -2.38. The number of nitrogens with zero attached hydrogens (tertiary/aromatic N) is 2. The average molecular weight is 226 g/mol. The van der Waals surface area contributed by atoms with Gasteiger partial charge in [0.15, 0.2) is 0 Å². The van der Waals surface area contributed by atoms with E-state index in [0.717, 1.165) is 4.57 Å². The Morgan fingerprint density at radius 1 is 1.44 bits per heavy atom. The number of aryl methyl sites for hydroxylation is 1. The fourth-order valence-corrected chi connectivity index (χ4v) is 1.39. The van der Waals surface area contributed by atoms with Crippen LogP contribution in [0.2, 0.25) is 0 Å². The number of carbonyl (C=O) groups is 1. The normalized spacial score (nSPS) is 10.3. The highest BCUT2D eigenvalue weighted by Gasteiger charge is 2.04. The van der Waals surface area contributed by atoms with E-state index in [1.165, 1.54) is 16.8 Å². The maximum absolute atomic E-state index is 11.7. The predicted molar refractivity (Wildman–Crippen MR) is 57.5 cm³/mol. The lowest BCUT2D eigenvalue weighted by atomic mass is 10.3. The average Bonchev–Trinajstić information content (AvgIpc) is 2.23. The van der Waals surface area contributed by atoms with Crippen LogP contribution < -0.4 is 11.2 Å². The largest absolute Gasteiger partial charge is 0.481 e. The highest BCUT2D eigenvalue weighted by atomic mass is 16.4. The van der Waals surface area contributed by atoms with Crippen molar-refractivity contribution in [3.63, 3.8) is 0 Å². The van der Waals surface area contributed by atoms with Crippen LogP contribution in [0.1, 0.15) is 19.8 Å². The summed E-state index contributed by atoms with van der Waals surface area (Å²) in [5, 5.41) is 8.46. The van der Waals surface area contributed by atoms with Gasteiger partial charge in [0.1, 0.15) is 0 Å². The van der Waals surface area contributed by atoms with Crippen molar-refractivity contribution in [2.45, 2.75) is 32.9 Å². The van der Waals surface area contributed by atoms with E-state index in [9.17, 15) is 14.4 Å². The third kappa shape index (κ3) is 2.82. The van der Waals surface area contributed by atoms with Crippen molar-refractivity contribution in [1.29, 1.82) is 0 Å². The van der Waals surface area contributed by atoms with Crippen LogP contribution in [0, 0.1) is 0 Å². The van der Waals surface area contributed by atoms with Crippen molar-refractivity contribution in [2.24, 2.45) is 0 Å². The molecule has 0 amide bonds. The first-order valence-corrected chi connectivity index (χ1v) is 5.08. The second-order valence-corrected chi connectivity index (χ2v) is 3.37. The SMILES string of the molecule is CCn1ccc(=O)n(CCCC(=O)O)c1=O. The first kappa shape index (κ1) is 12.2. The van der Waals surface area contributed by atoms with Gasteiger partial charge in [-0.2, -0.15) is 0 Å². The zero-order valence-corrected chi connectivity index (χ0v) is 9.05. The molecule has 1 rings (SSSR count). The number of hydrogen-bond acceptors (Lipinski definition) is 3. The van der Waals surface area contributed by atoms with E-state index < -0.39 is 5.97 Å². The van der Waals surface area contributed by atoms with E-state index in [2.05, 4.69) is 0 Å². The molecule has 1 N–H and O–H groups in total. The van der Waals surface area contributed by atoms with Crippen molar-refractivity contribution in [3.05, 3.63) is 33.1 Å². The summed E-state index contributed by atoms with van der Waals surface area (Å²) in [5.41, 5.74) is -0.777. The van der Waals surface area contributed by atoms with Gasteiger partial charge >= 0.3 is 11.7 Å². The Kier molecular flexibility index (Phi) is 4.04. The summed E-state index contributed by atoms with van der Waals surface area (Å²) < 4.78 is 2.47. The minimum absolute atomic E-state index is 0.0487. The summed E-state index contributed by atoms with van der Waals surface area (Å²) in [6, 6.07) is 1.31. The topological polar surface area (TPSA) is 81.3 Å². The molecule has 0 saturated carbocycles. The van der Waals surface area contributed by atoms with Crippen LogP contribution in [0.25, 0.3) is 0 Å². The Morgan fingerprint density at radius 3 is 2.69 bits per heavy atom. The molecule has 0 unspecified atom stereocenters. The van der Waals surface area contributed by atoms with Gasteiger partial charge in [0, 0.05) is 31.8 Å². The zero-order valence-electron chi connectivity index (χ0n) is 9.05. The molecule has 0 saturated heterocycles. The summed E-state index contributed by atoms with van der Waals surface area (Å²) in [4.78, 5) is 33.4. The van der Waals surface area contributed by atoms with Crippen LogP contribution in [0.3, 0.4) is 0 Å². The van der Waals surface area contributed by atoms with Gasteiger partial charge in [-0.3, -0.25) is 14.2 Å². The molecule has 0 radical (unpaired) electrons. The third-order valence-corrected chi connectivity index (χ3v) is 2.25.